The highest BCUT2D eigenvalue weighted by Gasteiger charge is 2.46. The molecule has 1 fully saturated rings. The van der Waals surface area contributed by atoms with Gasteiger partial charge in [-0.1, -0.05) is 24.3 Å². The Morgan fingerprint density at radius 3 is 2.33 bits per heavy atom. The van der Waals surface area contributed by atoms with Gasteiger partial charge >= 0.3 is 6.18 Å². The third-order valence-electron chi connectivity index (χ3n) is 6.09. The number of phenolic OH excluding ortho intramolecular Hbond substituents is 1. The molecular formula is C24H27F5N2O2. The van der Waals surface area contributed by atoms with E-state index in [2.05, 4.69) is 0 Å². The van der Waals surface area contributed by atoms with Crippen LogP contribution in [-0.4, -0.2) is 59.8 Å². The minimum atomic E-state index is -4.39. The second-order valence-electron chi connectivity index (χ2n) is 8.59. The first-order chi connectivity index (χ1) is 15.5. The maximum Gasteiger partial charge on any atom is 0.416 e. The summed E-state index contributed by atoms with van der Waals surface area (Å²) in [7, 11) is 1.77. The van der Waals surface area contributed by atoms with Gasteiger partial charge in [0.15, 0.2) is 0 Å². The highest BCUT2D eigenvalue weighted by molar-refractivity contribution is 5.57. The summed E-state index contributed by atoms with van der Waals surface area (Å²) in [5.74, 6) is -3.99. The molecule has 1 saturated heterocycles. The average molecular weight is 470 g/mol. The van der Waals surface area contributed by atoms with Crippen LogP contribution in [0.25, 0.3) is 0 Å². The predicted octanol–water partition coefficient (Wildman–Crippen LogP) is 4.93. The van der Waals surface area contributed by atoms with Gasteiger partial charge in [-0.15, -0.1) is 0 Å². The maximum absolute atomic E-state index is 14.9. The van der Waals surface area contributed by atoms with E-state index in [1.807, 2.05) is 4.90 Å². The first-order valence-corrected chi connectivity index (χ1v) is 10.7. The summed E-state index contributed by atoms with van der Waals surface area (Å²) >= 11 is 0. The minimum Gasteiger partial charge on any atom is -0.508 e. The molecule has 0 aliphatic carbocycles. The molecule has 1 aliphatic rings. The molecule has 0 aromatic heterocycles. The van der Waals surface area contributed by atoms with Gasteiger partial charge in [0.25, 0.3) is 5.92 Å². The van der Waals surface area contributed by atoms with Crippen molar-refractivity contribution in [3.05, 3.63) is 65.2 Å². The van der Waals surface area contributed by atoms with E-state index < -0.39 is 36.2 Å². The van der Waals surface area contributed by atoms with Crippen LogP contribution in [0, 0.1) is 0 Å². The van der Waals surface area contributed by atoms with E-state index in [-0.39, 0.29) is 12.2 Å². The number of benzene rings is 2. The number of hydrogen-bond donors (Lipinski definition) is 1. The number of alkyl halides is 5. The van der Waals surface area contributed by atoms with Gasteiger partial charge in [0.1, 0.15) is 12.0 Å². The number of nitrogens with zero attached hydrogens (tertiary/aromatic N) is 2. The molecule has 2 aromatic rings. The second kappa shape index (κ2) is 10.2. The zero-order valence-corrected chi connectivity index (χ0v) is 18.2. The van der Waals surface area contributed by atoms with E-state index in [9.17, 15) is 31.9 Å². The van der Waals surface area contributed by atoms with Crippen LogP contribution in [0.1, 0.15) is 35.4 Å². The molecule has 2 atom stereocenters. The molecule has 0 spiro atoms. The average Bonchev–Trinajstić information content (AvgIpc) is 2.74. The molecule has 9 heteroatoms. The van der Waals surface area contributed by atoms with Crippen LogP contribution >= 0.6 is 0 Å². The van der Waals surface area contributed by atoms with Crippen molar-refractivity contribution >= 4 is 6.29 Å². The minimum absolute atomic E-state index is 0.0148. The Morgan fingerprint density at radius 2 is 1.79 bits per heavy atom. The third-order valence-corrected chi connectivity index (χ3v) is 6.09. The number of hydrogen-bond acceptors (Lipinski definition) is 4. The number of carbonyl (C=O) groups excluding carboxylic acids is 1. The van der Waals surface area contributed by atoms with E-state index in [4.69, 9.17) is 0 Å². The third kappa shape index (κ3) is 6.51. The predicted molar refractivity (Wildman–Crippen MR) is 114 cm³/mol. The summed E-state index contributed by atoms with van der Waals surface area (Å²) in [5.41, 5.74) is 0.428. The lowest BCUT2D eigenvalue weighted by molar-refractivity contribution is -0.137. The highest BCUT2D eigenvalue weighted by atomic mass is 19.4. The Kier molecular flexibility index (Phi) is 7.74. The second-order valence-corrected chi connectivity index (χ2v) is 8.59. The first kappa shape index (κ1) is 25.1. The van der Waals surface area contributed by atoms with Crippen LogP contribution in [0.3, 0.4) is 0 Å². The number of piperidine rings is 1. The van der Waals surface area contributed by atoms with Crippen LogP contribution in [0.15, 0.2) is 48.5 Å². The molecular weight excluding hydrogens is 443 g/mol. The summed E-state index contributed by atoms with van der Waals surface area (Å²) in [5, 5.41) is 9.39. The van der Waals surface area contributed by atoms with Crippen molar-refractivity contribution in [1.29, 1.82) is 0 Å². The summed E-state index contributed by atoms with van der Waals surface area (Å²) in [6.45, 7) is 0.606. The van der Waals surface area contributed by atoms with Crippen molar-refractivity contribution in [3.63, 3.8) is 0 Å². The molecule has 1 N–H and O–H groups in total. The van der Waals surface area contributed by atoms with E-state index in [1.54, 1.807) is 7.05 Å². The van der Waals surface area contributed by atoms with Crippen molar-refractivity contribution in [2.24, 2.45) is 0 Å². The Labute approximate surface area is 189 Å². The van der Waals surface area contributed by atoms with Gasteiger partial charge in [-0.3, -0.25) is 4.90 Å². The standard InChI is InChI=1S/C24H27F5N2O2/c1-30(14-17-2-6-19(7-3-17)24(27,28)29)12-10-20(15-32)31-13-11-22(23(25,26)16-31)18-4-8-21(33)9-5-18/h2-9,15,20,22,33H,10-14,16H2,1H3. The lowest BCUT2D eigenvalue weighted by Gasteiger charge is -2.41. The normalized spacial score (nSPS) is 20.0. The molecule has 1 aliphatic heterocycles. The van der Waals surface area contributed by atoms with Crippen LogP contribution in [0.4, 0.5) is 22.0 Å². The Hall–Kier alpha value is -2.52. The van der Waals surface area contributed by atoms with Gasteiger partial charge in [-0.05, 0) is 61.8 Å². The fourth-order valence-corrected chi connectivity index (χ4v) is 4.25. The fourth-order valence-electron chi connectivity index (χ4n) is 4.25. The Balaban J connectivity index is 1.54. The molecule has 180 valence electrons. The quantitative estimate of drug-likeness (QED) is 0.439. The van der Waals surface area contributed by atoms with E-state index in [1.165, 1.54) is 41.3 Å². The molecule has 4 nitrogen and oxygen atoms in total. The number of likely N-dealkylation sites (tertiary alicyclic amines) is 1. The number of phenols is 1. The lowest BCUT2D eigenvalue weighted by Crippen LogP contribution is -2.52. The smallest absolute Gasteiger partial charge is 0.416 e. The van der Waals surface area contributed by atoms with Gasteiger partial charge in [-0.2, -0.15) is 13.2 Å². The number of rotatable bonds is 8. The number of carbonyl (C=O) groups is 1. The van der Waals surface area contributed by atoms with E-state index >= 15 is 0 Å². The SMILES string of the molecule is CN(CCC(C=O)N1CCC(c2ccc(O)cc2)C(F)(F)C1)Cc1ccc(C(F)(F)F)cc1. The number of aromatic hydroxyl groups is 1. The van der Waals surface area contributed by atoms with Crippen molar-refractivity contribution in [1.82, 2.24) is 9.80 Å². The molecule has 2 aromatic carbocycles. The molecule has 2 unspecified atom stereocenters. The van der Waals surface area contributed by atoms with Crippen LogP contribution in [0.2, 0.25) is 0 Å². The van der Waals surface area contributed by atoms with E-state index in [0.717, 1.165) is 12.1 Å². The first-order valence-electron chi connectivity index (χ1n) is 10.7. The summed E-state index contributed by atoms with van der Waals surface area (Å²) < 4.78 is 67.8. The maximum atomic E-state index is 14.9. The molecule has 0 saturated carbocycles. The highest BCUT2D eigenvalue weighted by Crippen LogP contribution is 2.41. The summed E-state index contributed by atoms with van der Waals surface area (Å²) in [6.07, 6.45) is -3.19. The number of aldehydes is 1. The van der Waals surface area contributed by atoms with Crippen LogP contribution in [-0.2, 0) is 17.5 Å². The molecule has 0 amide bonds. The Bertz CT molecular complexity index is 916. The largest absolute Gasteiger partial charge is 0.508 e. The molecule has 3 rings (SSSR count). The zero-order chi connectivity index (χ0) is 24.2. The monoisotopic (exact) mass is 470 g/mol. The van der Waals surface area contributed by atoms with E-state index in [0.29, 0.717) is 43.5 Å². The van der Waals surface area contributed by atoms with Gasteiger partial charge in [-0.25, -0.2) is 8.78 Å². The summed E-state index contributed by atoms with van der Waals surface area (Å²) in [4.78, 5) is 15.0. The topological polar surface area (TPSA) is 43.8 Å². The van der Waals surface area contributed by atoms with Crippen LogP contribution in [0.5, 0.6) is 5.75 Å². The molecule has 1 heterocycles. The van der Waals surface area contributed by atoms with Gasteiger partial charge in [0.05, 0.1) is 24.1 Å². The fraction of sp³-hybridized carbons (Fsp3) is 0.458. The molecule has 0 radical (unpaired) electrons. The molecule has 0 bridgehead atoms. The van der Waals surface area contributed by atoms with Gasteiger partial charge < -0.3 is 14.8 Å². The van der Waals surface area contributed by atoms with Crippen molar-refractivity contribution in [3.8, 4) is 5.75 Å². The molecule has 33 heavy (non-hydrogen) atoms. The van der Waals surface area contributed by atoms with Crippen LogP contribution < -0.4 is 0 Å². The summed E-state index contributed by atoms with van der Waals surface area (Å²) in [6, 6.07) is 9.96. The van der Waals surface area contributed by atoms with Crippen molar-refractivity contribution in [2.75, 3.05) is 26.7 Å². The van der Waals surface area contributed by atoms with Crippen molar-refractivity contribution < 1.29 is 31.9 Å². The number of halogens is 5. The Morgan fingerprint density at radius 1 is 1.15 bits per heavy atom. The van der Waals surface area contributed by atoms with Crippen molar-refractivity contribution in [2.45, 2.75) is 43.4 Å². The van der Waals surface area contributed by atoms with Gasteiger partial charge in [0.2, 0.25) is 0 Å². The zero-order valence-electron chi connectivity index (χ0n) is 18.2. The lowest BCUT2D eigenvalue weighted by atomic mass is 9.85. The van der Waals surface area contributed by atoms with Gasteiger partial charge in [0, 0.05) is 13.1 Å².